The summed E-state index contributed by atoms with van der Waals surface area (Å²) in [6.45, 7) is 6.18. The van der Waals surface area contributed by atoms with Crippen LogP contribution in [-0.4, -0.2) is 48.9 Å². The minimum Gasteiger partial charge on any atom is -0.475 e. The Morgan fingerprint density at radius 2 is 2.04 bits per heavy atom. The predicted octanol–water partition coefficient (Wildman–Crippen LogP) is 1.66. The largest absolute Gasteiger partial charge is 0.475 e. The summed E-state index contributed by atoms with van der Waals surface area (Å²) in [6, 6.07) is 7.87. The minimum atomic E-state index is 0.497. The fourth-order valence-electron chi connectivity index (χ4n) is 2.15. The molecule has 2 heterocycles. The highest BCUT2D eigenvalue weighted by atomic mass is 16.5. The van der Waals surface area contributed by atoms with Crippen molar-refractivity contribution in [1.29, 1.82) is 0 Å². The molecule has 0 saturated carbocycles. The Labute approximate surface area is 149 Å². The first-order valence-electron chi connectivity index (χ1n) is 8.51. The van der Waals surface area contributed by atoms with Gasteiger partial charge in [-0.1, -0.05) is 6.07 Å². The van der Waals surface area contributed by atoms with Crippen LogP contribution in [-0.2, 0) is 17.8 Å². The molecule has 0 amide bonds. The number of ether oxygens (including phenoxy) is 2. The molecule has 0 aromatic carbocycles. The molecule has 7 heteroatoms. The van der Waals surface area contributed by atoms with E-state index in [1.165, 1.54) is 0 Å². The lowest BCUT2D eigenvalue weighted by Gasteiger charge is -2.12. The first kappa shape index (κ1) is 18.8. The predicted molar refractivity (Wildman–Crippen MR) is 98.9 cm³/mol. The monoisotopic (exact) mass is 345 g/mol. The summed E-state index contributed by atoms with van der Waals surface area (Å²) in [7, 11) is 1.65. The average Bonchev–Trinajstić information content (AvgIpc) is 3.14. The van der Waals surface area contributed by atoms with E-state index in [9.17, 15) is 0 Å². The van der Waals surface area contributed by atoms with Gasteiger partial charge in [-0.15, -0.1) is 0 Å². The van der Waals surface area contributed by atoms with Gasteiger partial charge in [0, 0.05) is 51.4 Å². The molecule has 0 atom stereocenters. The first-order chi connectivity index (χ1) is 12.3. The summed E-state index contributed by atoms with van der Waals surface area (Å²) >= 11 is 0. The first-order valence-corrected chi connectivity index (χ1v) is 8.51. The van der Waals surface area contributed by atoms with Crippen molar-refractivity contribution in [3.63, 3.8) is 0 Å². The van der Waals surface area contributed by atoms with E-state index in [0.717, 1.165) is 31.2 Å². The second kappa shape index (κ2) is 11.1. The molecule has 0 spiro atoms. The van der Waals surface area contributed by atoms with Crippen molar-refractivity contribution >= 4 is 5.96 Å². The normalized spacial score (nSPS) is 11.4. The zero-order chi connectivity index (χ0) is 17.7. The Morgan fingerprint density at radius 3 is 2.72 bits per heavy atom. The van der Waals surface area contributed by atoms with Crippen molar-refractivity contribution < 1.29 is 9.47 Å². The van der Waals surface area contributed by atoms with Crippen LogP contribution in [0.5, 0.6) is 5.88 Å². The van der Waals surface area contributed by atoms with Gasteiger partial charge in [0.2, 0.25) is 5.88 Å². The number of aromatic nitrogens is 2. The van der Waals surface area contributed by atoms with Crippen LogP contribution in [0, 0.1) is 0 Å². The summed E-state index contributed by atoms with van der Waals surface area (Å²) in [5.74, 6) is 1.40. The smallest absolute Gasteiger partial charge is 0.213 e. The number of guanidine groups is 1. The lowest BCUT2D eigenvalue weighted by molar-refractivity contribution is 0.143. The number of methoxy groups -OCH3 is 1. The van der Waals surface area contributed by atoms with Crippen LogP contribution < -0.4 is 15.4 Å². The van der Waals surface area contributed by atoms with E-state index in [0.29, 0.717) is 25.6 Å². The Morgan fingerprint density at radius 1 is 1.20 bits per heavy atom. The van der Waals surface area contributed by atoms with E-state index < -0.39 is 0 Å². The zero-order valence-electron chi connectivity index (χ0n) is 14.9. The van der Waals surface area contributed by atoms with Crippen LogP contribution in [0.1, 0.15) is 12.5 Å². The molecule has 0 aliphatic rings. The quantitative estimate of drug-likeness (QED) is 0.389. The number of hydrogen-bond donors (Lipinski definition) is 2. The van der Waals surface area contributed by atoms with Crippen molar-refractivity contribution in [1.82, 2.24) is 20.2 Å². The summed E-state index contributed by atoms with van der Waals surface area (Å²) in [4.78, 5) is 8.87. The van der Waals surface area contributed by atoms with Gasteiger partial charge in [-0.25, -0.2) is 9.98 Å². The summed E-state index contributed by atoms with van der Waals surface area (Å²) in [6.07, 6.45) is 5.89. The van der Waals surface area contributed by atoms with Gasteiger partial charge in [-0.2, -0.15) is 0 Å². The molecule has 0 fully saturated rings. The van der Waals surface area contributed by atoms with Crippen molar-refractivity contribution in [3.8, 4) is 5.88 Å². The van der Waals surface area contributed by atoms with Crippen molar-refractivity contribution in [2.45, 2.75) is 20.0 Å². The van der Waals surface area contributed by atoms with E-state index >= 15 is 0 Å². The van der Waals surface area contributed by atoms with Gasteiger partial charge in [-0.05, 0) is 24.6 Å². The van der Waals surface area contributed by atoms with Gasteiger partial charge in [0.15, 0.2) is 5.96 Å². The second-order valence-corrected chi connectivity index (χ2v) is 5.39. The highest BCUT2D eigenvalue weighted by Crippen LogP contribution is 2.08. The molecule has 2 aromatic rings. The van der Waals surface area contributed by atoms with Crippen LogP contribution in [0.4, 0.5) is 0 Å². The third kappa shape index (κ3) is 7.26. The molecule has 0 radical (unpaired) electrons. The number of rotatable bonds is 10. The Bertz CT molecular complexity index is 611. The van der Waals surface area contributed by atoms with Crippen LogP contribution in [0.3, 0.4) is 0 Å². The van der Waals surface area contributed by atoms with E-state index in [2.05, 4.69) is 32.1 Å². The molecule has 2 rings (SSSR count). The SMILES string of the molecule is CCNC(=NCc1ccc(OCCOC)nc1)NCCn1cccc1. The number of aliphatic imine (C=N–C) groups is 1. The average molecular weight is 345 g/mol. The van der Waals surface area contributed by atoms with Gasteiger partial charge in [0.1, 0.15) is 6.61 Å². The van der Waals surface area contributed by atoms with Crippen LogP contribution in [0.15, 0.2) is 47.8 Å². The molecule has 0 saturated heterocycles. The number of hydrogen-bond acceptors (Lipinski definition) is 4. The van der Waals surface area contributed by atoms with Crippen molar-refractivity contribution in [3.05, 3.63) is 48.4 Å². The Kier molecular flexibility index (Phi) is 8.34. The molecule has 7 nitrogen and oxygen atoms in total. The second-order valence-electron chi connectivity index (χ2n) is 5.39. The van der Waals surface area contributed by atoms with Crippen molar-refractivity contribution in [2.75, 3.05) is 33.4 Å². The van der Waals surface area contributed by atoms with Crippen LogP contribution in [0.25, 0.3) is 0 Å². The molecular weight excluding hydrogens is 318 g/mol. The van der Waals surface area contributed by atoms with E-state index in [1.54, 1.807) is 13.3 Å². The highest BCUT2D eigenvalue weighted by molar-refractivity contribution is 5.79. The van der Waals surface area contributed by atoms with E-state index in [4.69, 9.17) is 9.47 Å². The third-order valence-electron chi connectivity index (χ3n) is 3.43. The van der Waals surface area contributed by atoms with E-state index in [1.807, 2.05) is 36.7 Å². The maximum absolute atomic E-state index is 5.46. The van der Waals surface area contributed by atoms with E-state index in [-0.39, 0.29) is 0 Å². The molecular formula is C18H27N5O2. The molecule has 25 heavy (non-hydrogen) atoms. The minimum absolute atomic E-state index is 0.497. The molecule has 136 valence electrons. The summed E-state index contributed by atoms with van der Waals surface area (Å²) in [5.41, 5.74) is 1.03. The third-order valence-corrected chi connectivity index (χ3v) is 3.43. The zero-order valence-corrected chi connectivity index (χ0v) is 14.9. The Balaban J connectivity index is 1.80. The Hall–Kier alpha value is -2.54. The molecule has 2 N–H and O–H groups in total. The number of pyridine rings is 1. The maximum Gasteiger partial charge on any atom is 0.213 e. The molecule has 0 aliphatic carbocycles. The van der Waals surface area contributed by atoms with Gasteiger partial charge in [0.25, 0.3) is 0 Å². The van der Waals surface area contributed by atoms with Crippen LogP contribution >= 0.6 is 0 Å². The standard InChI is InChI=1S/C18H27N5O2/c1-3-19-18(20-8-11-23-9-4-5-10-23)22-15-16-6-7-17(21-14-16)25-13-12-24-2/h4-7,9-10,14H,3,8,11-13,15H2,1-2H3,(H2,19,20,22). The van der Waals surface area contributed by atoms with Crippen LogP contribution in [0.2, 0.25) is 0 Å². The molecule has 0 unspecified atom stereocenters. The molecule has 0 bridgehead atoms. The summed E-state index contributed by atoms with van der Waals surface area (Å²) < 4.78 is 12.5. The topological polar surface area (TPSA) is 72.7 Å². The molecule has 2 aromatic heterocycles. The van der Waals surface area contributed by atoms with Gasteiger partial charge in [0.05, 0.1) is 13.2 Å². The van der Waals surface area contributed by atoms with Gasteiger partial charge in [-0.3, -0.25) is 0 Å². The summed E-state index contributed by atoms with van der Waals surface area (Å²) in [5, 5.41) is 6.58. The number of nitrogens with zero attached hydrogens (tertiary/aromatic N) is 3. The highest BCUT2D eigenvalue weighted by Gasteiger charge is 2.00. The number of nitrogens with one attached hydrogen (secondary N) is 2. The lowest BCUT2D eigenvalue weighted by Crippen LogP contribution is -2.38. The lowest BCUT2D eigenvalue weighted by atomic mass is 10.3. The van der Waals surface area contributed by atoms with Gasteiger partial charge >= 0.3 is 0 Å². The maximum atomic E-state index is 5.46. The van der Waals surface area contributed by atoms with Gasteiger partial charge < -0.3 is 24.7 Å². The fourth-order valence-corrected chi connectivity index (χ4v) is 2.15. The fraction of sp³-hybridized carbons (Fsp3) is 0.444. The molecule has 0 aliphatic heterocycles. The van der Waals surface area contributed by atoms with Crippen molar-refractivity contribution in [2.24, 2.45) is 4.99 Å².